The van der Waals surface area contributed by atoms with Gasteiger partial charge < -0.3 is 20.3 Å². The Morgan fingerprint density at radius 3 is 3.10 bits per heavy atom. The van der Waals surface area contributed by atoms with Crippen molar-refractivity contribution >= 4 is 39.1 Å². The van der Waals surface area contributed by atoms with E-state index in [1.54, 1.807) is 7.11 Å². The molecule has 2 heterocycles. The summed E-state index contributed by atoms with van der Waals surface area (Å²) in [5.41, 5.74) is 5.86. The molecule has 0 aliphatic rings. The van der Waals surface area contributed by atoms with Crippen LogP contribution in [0.15, 0.2) is 16.6 Å². The molecule has 1 atom stereocenters. The van der Waals surface area contributed by atoms with Crippen molar-refractivity contribution < 1.29 is 14.6 Å². The van der Waals surface area contributed by atoms with E-state index in [0.29, 0.717) is 29.9 Å². The standard InChI is InChI=1S/C12H17N3O3S2/c1-17-3-4-18-6-8(16)7-20-12-14-10(13)9-2-5-19-11(9)15-12/h2,5,8,16H,3-4,6-7H2,1H3,(H2,13,14,15). The first-order chi connectivity index (χ1) is 9.70. The van der Waals surface area contributed by atoms with Gasteiger partial charge in [-0.1, -0.05) is 11.8 Å². The average Bonchev–Trinajstić information content (AvgIpc) is 2.90. The van der Waals surface area contributed by atoms with E-state index >= 15 is 0 Å². The summed E-state index contributed by atoms with van der Waals surface area (Å²) in [7, 11) is 1.61. The Hall–Kier alpha value is -0.930. The first kappa shape index (κ1) is 15.5. The van der Waals surface area contributed by atoms with Crippen LogP contribution in [0, 0.1) is 0 Å². The van der Waals surface area contributed by atoms with Gasteiger partial charge in [-0.2, -0.15) is 0 Å². The van der Waals surface area contributed by atoms with Crippen LogP contribution < -0.4 is 5.73 Å². The summed E-state index contributed by atoms with van der Waals surface area (Å²) >= 11 is 2.89. The second-order valence-electron chi connectivity index (χ2n) is 4.06. The number of fused-ring (bicyclic) bond motifs is 1. The Morgan fingerprint density at radius 1 is 1.45 bits per heavy atom. The number of thiophene rings is 1. The van der Waals surface area contributed by atoms with Gasteiger partial charge in [0.25, 0.3) is 0 Å². The zero-order chi connectivity index (χ0) is 14.4. The Bertz CT molecular complexity index is 550. The SMILES string of the molecule is COCCOCC(O)CSc1nc(N)c2ccsc2n1. The predicted molar refractivity (Wildman–Crippen MR) is 81.3 cm³/mol. The van der Waals surface area contributed by atoms with E-state index in [4.69, 9.17) is 15.2 Å². The lowest BCUT2D eigenvalue weighted by atomic mass is 10.4. The summed E-state index contributed by atoms with van der Waals surface area (Å²) in [5, 5.41) is 13.2. The van der Waals surface area contributed by atoms with Crippen LogP contribution in [0.2, 0.25) is 0 Å². The summed E-state index contributed by atoms with van der Waals surface area (Å²) in [5.74, 6) is 0.938. The number of nitrogens with zero attached hydrogens (tertiary/aromatic N) is 2. The maximum absolute atomic E-state index is 9.78. The van der Waals surface area contributed by atoms with Gasteiger partial charge in [-0.25, -0.2) is 9.97 Å². The highest BCUT2D eigenvalue weighted by atomic mass is 32.2. The van der Waals surface area contributed by atoms with Crippen LogP contribution in [0.4, 0.5) is 5.82 Å². The van der Waals surface area contributed by atoms with Crippen molar-refractivity contribution in [3.63, 3.8) is 0 Å². The maximum atomic E-state index is 9.78. The molecule has 0 radical (unpaired) electrons. The number of nitrogens with two attached hydrogens (primary N) is 1. The van der Waals surface area contributed by atoms with E-state index in [1.165, 1.54) is 23.1 Å². The zero-order valence-corrected chi connectivity index (χ0v) is 12.7. The highest BCUT2D eigenvalue weighted by molar-refractivity contribution is 7.99. The molecule has 110 valence electrons. The first-order valence-electron chi connectivity index (χ1n) is 6.09. The lowest BCUT2D eigenvalue weighted by Gasteiger charge is -2.10. The van der Waals surface area contributed by atoms with Crippen LogP contribution in [-0.4, -0.2) is 53.9 Å². The van der Waals surface area contributed by atoms with Crippen LogP contribution >= 0.6 is 23.1 Å². The minimum absolute atomic E-state index is 0.271. The normalized spacial score (nSPS) is 12.9. The summed E-state index contributed by atoms with van der Waals surface area (Å²) in [4.78, 5) is 9.48. The second kappa shape index (κ2) is 7.75. The van der Waals surface area contributed by atoms with Crippen LogP contribution in [0.25, 0.3) is 10.2 Å². The van der Waals surface area contributed by atoms with Gasteiger partial charge in [0.05, 0.1) is 31.3 Å². The molecule has 0 saturated carbocycles. The highest BCUT2D eigenvalue weighted by Gasteiger charge is 2.10. The van der Waals surface area contributed by atoms with Crippen LogP contribution in [0.3, 0.4) is 0 Å². The molecule has 0 saturated heterocycles. The van der Waals surface area contributed by atoms with Crippen LogP contribution in [0.1, 0.15) is 0 Å². The van der Waals surface area contributed by atoms with E-state index in [-0.39, 0.29) is 6.61 Å². The van der Waals surface area contributed by atoms with Crippen LogP contribution in [0.5, 0.6) is 0 Å². The molecule has 6 nitrogen and oxygen atoms in total. The van der Waals surface area contributed by atoms with Crippen molar-refractivity contribution in [2.75, 3.05) is 38.4 Å². The summed E-state index contributed by atoms with van der Waals surface area (Å²) in [6.07, 6.45) is -0.569. The maximum Gasteiger partial charge on any atom is 0.190 e. The molecule has 1 unspecified atom stereocenters. The minimum Gasteiger partial charge on any atom is -0.390 e. The van der Waals surface area contributed by atoms with Gasteiger partial charge >= 0.3 is 0 Å². The average molecular weight is 315 g/mol. The van der Waals surface area contributed by atoms with E-state index < -0.39 is 6.10 Å². The number of hydrogen-bond donors (Lipinski definition) is 2. The molecule has 0 aliphatic heterocycles. The number of ether oxygens (including phenoxy) is 2. The summed E-state index contributed by atoms with van der Waals surface area (Å²) in [6, 6.07) is 1.91. The molecule has 2 rings (SSSR count). The topological polar surface area (TPSA) is 90.5 Å². The second-order valence-corrected chi connectivity index (χ2v) is 5.95. The number of nitrogen functional groups attached to an aromatic ring is 1. The molecule has 0 bridgehead atoms. The van der Waals surface area contributed by atoms with Crippen molar-refractivity contribution in [1.82, 2.24) is 9.97 Å². The molecule has 0 aliphatic carbocycles. The molecule has 0 aromatic carbocycles. The van der Waals surface area contributed by atoms with Crippen molar-refractivity contribution in [2.45, 2.75) is 11.3 Å². The third-order valence-electron chi connectivity index (χ3n) is 2.48. The molecule has 8 heteroatoms. The third kappa shape index (κ3) is 4.29. The first-order valence-corrected chi connectivity index (χ1v) is 7.95. The monoisotopic (exact) mass is 315 g/mol. The number of rotatable bonds is 8. The molecule has 0 fully saturated rings. The summed E-state index contributed by atoms with van der Waals surface area (Å²) < 4.78 is 10.1. The molecule has 0 spiro atoms. The Labute approximate surface area is 125 Å². The fraction of sp³-hybridized carbons (Fsp3) is 0.500. The molecular weight excluding hydrogens is 298 g/mol. The Morgan fingerprint density at radius 2 is 2.30 bits per heavy atom. The lowest BCUT2D eigenvalue weighted by molar-refractivity contribution is 0.0218. The number of aliphatic hydroxyl groups is 1. The number of aromatic nitrogens is 2. The fourth-order valence-corrected chi connectivity index (χ4v) is 3.09. The minimum atomic E-state index is -0.569. The largest absolute Gasteiger partial charge is 0.390 e. The number of hydrogen-bond acceptors (Lipinski definition) is 8. The van der Waals surface area contributed by atoms with Gasteiger partial charge in [0.15, 0.2) is 5.16 Å². The van der Waals surface area contributed by atoms with Crippen molar-refractivity contribution in [3.05, 3.63) is 11.4 Å². The zero-order valence-electron chi connectivity index (χ0n) is 11.1. The Kier molecular flexibility index (Phi) is 5.99. The number of anilines is 1. The third-order valence-corrected chi connectivity index (χ3v) is 4.28. The smallest absolute Gasteiger partial charge is 0.190 e. The van der Waals surface area contributed by atoms with E-state index in [0.717, 1.165) is 10.2 Å². The van der Waals surface area contributed by atoms with Gasteiger partial charge in [-0.3, -0.25) is 0 Å². The number of thioether (sulfide) groups is 1. The van der Waals surface area contributed by atoms with Crippen molar-refractivity contribution in [2.24, 2.45) is 0 Å². The number of methoxy groups -OCH3 is 1. The van der Waals surface area contributed by atoms with Crippen molar-refractivity contribution in [3.8, 4) is 0 Å². The van der Waals surface area contributed by atoms with E-state index in [1.807, 2.05) is 11.4 Å². The fourth-order valence-electron chi connectivity index (χ4n) is 1.50. The van der Waals surface area contributed by atoms with E-state index in [9.17, 15) is 5.11 Å². The van der Waals surface area contributed by atoms with Crippen molar-refractivity contribution in [1.29, 1.82) is 0 Å². The molecule has 2 aromatic heterocycles. The van der Waals surface area contributed by atoms with Gasteiger partial charge in [0.2, 0.25) is 0 Å². The quantitative estimate of drug-likeness (QED) is 0.432. The molecule has 0 amide bonds. The highest BCUT2D eigenvalue weighted by Crippen LogP contribution is 2.26. The van der Waals surface area contributed by atoms with E-state index in [2.05, 4.69) is 9.97 Å². The predicted octanol–water partition coefficient (Wildman–Crippen LogP) is 1.39. The lowest BCUT2D eigenvalue weighted by Crippen LogP contribution is -2.19. The molecule has 3 N–H and O–H groups in total. The Balaban J connectivity index is 1.82. The molecular formula is C12H17N3O3S2. The van der Waals surface area contributed by atoms with Gasteiger partial charge in [-0.15, -0.1) is 11.3 Å². The van der Waals surface area contributed by atoms with Crippen LogP contribution in [-0.2, 0) is 9.47 Å². The molecule has 20 heavy (non-hydrogen) atoms. The number of aliphatic hydroxyl groups excluding tert-OH is 1. The van der Waals surface area contributed by atoms with Gasteiger partial charge in [-0.05, 0) is 11.4 Å². The summed E-state index contributed by atoms with van der Waals surface area (Å²) in [6.45, 7) is 1.27. The molecule has 2 aromatic rings. The van der Waals surface area contributed by atoms with Gasteiger partial charge in [0.1, 0.15) is 10.6 Å². The van der Waals surface area contributed by atoms with Gasteiger partial charge in [0, 0.05) is 12.9 Å².